The largest absolute Gasteiger partial charge is 0.482 e. The van der Waals surface area contributed by atoms with Crippen molar-refractivity contribution in [2.45, 2.75) is 0 Å². The van der Waals surface area contributed by atoms with Gasteiger partial charge in [0.15, 0.2) is 11.7 Å². The van der Waals surface area contributed by atoms with Crippen molar-refractivity contribution in [1.29, 1.82) is 0 Å². The third kappa shape index (κ3) is 7.78. The monoisotopic (exact) mass is 467 g/mol. The Morgan fingerprint density at radius 1 is 1.15 bits per heavy atom. The maximum absolute atomic E-state index is 11.8. The zero-order valence-corrected chi connectivity index (χ0v) is 17.0. The summed E-state index contributed by atoms with van der Waals surface area (Å²) < 4.78 is 6.11. The van der Waals surface area contributed by atoms with Gasteiger partial charge in [0.05, 0.1) is 5.02 Å². The molecule has 2 aromatic carbocycles. The molecule has 0 unspecified atom stereocenters. The van der Waals surface area contributed by atoms with E-state index in [9.17, 15) is 9.59 Å². The van der Waals surface area contributed by atoms with E-state index in [0.29, 0.717) is 10.8 Å². The van der Waals surface area contributed by atoms with Gasteiger partial charge in [-0.15, -0.1) is 0 Å². The second kappa shape index (κ2) is 10.7. The summed E-state index contributed by atoms with van der Waals surface area (Å²) in [6, 6.07) is 14.4. The lowest BCUT2D eigenvalue weighted by Crippen LogP contribution is -2.49. The zero-order chi connectivity index (χ0) is 19.6. The maximum Gasteiger partial charge on any atom is 0.276 e. The lowest BCUT2D eigenvalue weighted by atomic mass is 10.2. The van der Waals surface area contributed by atoms with Crippen LogP contribution in [0, 0.1) is 0 Å². The number of ether oxygens (including phenoxy) is 1. The Morgan fingerprint density at radius 2 is 1.89 bits per heavy atom. The van der Waals surface area contributed by atoms with Gasteiger partial charge in [0.2, 0.25) is 5.91 Å². The molecular formula is C18H15BrClN3O3S. The summed E-state index contributed by atoms with van der Waals surface area (Å²) in [5.41, 5.74) is 5.61. The number of hydrogen-bond donors (Lipinski definition) is 3. The molecule has 0 aliphatic carbocycles. The van der Waals surface area contributed by atoms with Crippen molar-refractivity contribution in [1.82, 2.24) is 16.2 Å². The highest BCUT2D eigenvalue weighted by Gasteiger charge is 2.07. The Labute approximate surface area is 175 Å². The van der Waals surface area contributed by atoms with Gasteiger partial charge in [0, 0.05) is 10.5 Å². The number of carbonyl (C=O) groups excluding carboxylic acids is 2. The molecule has 2 aromatic rings. The fraction of sp³-hybridized carbons (Fsp3) is 0.0556. The van der Waals surface area contributed by atoms with E-state index in [2.05, 4.69) is 32.1 Å². The summed E-state index contributed by atoms with van der Waals surface area (Å²) in [7, 11) is 0. The van der Waals surface area contributed by atoms with Crippen LogP contribution in [0.25, 0.3) is 6.08 Å². The van der Waals surface area contributed by atoms with Crippen LogP contribution in [0.3, 0.4) is 0 Å². The van der Waals surface area contributed by atoms with Gasteiger partial charge in [-0.2, -0.15) is 0 Å². The number of halogens is 2. The number of carbonyl (C=O) groups is 2. The molecule has 3 N–H and O–H groups in total. The Morgan fingerprint density at radius 3 is 2.59 bits per heavy atom. The van der Waals surface area contributed by atoms with Gasteiger partial charge in [-0.25, -0.2) is 0 Å². The SMILES string of the molecule is O=C(/C=C/c1ccccc1)NC(=S)NNC(=O)COc1ccc(Br)cc1Cl. The Bertz CT molecular complexity index is 862. The molecule has 0 aromatic heterocycles. The molecule has 0 radical (unpaired) electrons. The quantitative estimate of drug-likeness (QED) is 0.357. The normalized spacial score (nSPS) is 10.3. The molecule has 2 amide bonds. The van der Waals surface area contributed by atoms with Crippen LogP contribution in [-0.4, -0.2) is 23.5 Å². The molecule has 0 spiro atoms. The molecule has 0 saturated carbocycles. The van der Waals surface area contributed by atoms with Crippen LogP contribution in [-0.2, 0) is 9.59 Å². The molecule has 0 saturated heterocycles. The number of nitrogens with one attached hydrogen (secondary N) is 3. The summed E-state index contributed by atoms with van der Waals surface area (Å²) in [6.45, 7) is -0.279. The van der Waals surface area contributed by atoms with Crippen molar-refractivity contribution in [3.63, 3.8) is 0 Å². The molecular weight excluding hydrogens is 454 g/mol. The average Bonchev–Trinajstić information content (AvgIpc) is 2.65. The van der Waals surface area contributed by atoms with E-state index in [1.54, 1.807) is 24.3 Å². The molecule has 0 heterocycles. The molecule has 27 heavy (non-hydrogen) atoms. The number of rotatable bonds is 5. The second-order valence-electron chi connectivity index (χ2n) is 5.10. The highest BCUT2D eigenvalue weighted by Crippen LogP contribution is 2.27. The Kier molecular flexibility index (Phi) is 8.25. The van der Waals surface area contributed by atoms with Crippen molar-refractivity contribution >= 4 is 62.8 Å². The average molecular weight is 469 g/mol. The van der Waals surface area contributed by atoms with Crippen molar-refractivity contribution in [3.8, 4) is 5.75 Å². The summed E-state index contributed by atoms with van der Waals surface area (Å²) in [6.07, 6.45) is 2.98. The molecule has 140 valence electrons. The Balaban J connectivity index is 1.70. The molecule has 0 aliphatic rings. The second-order valence-corrected chi connectivity index (χ2v) is 6.83. The van der Waals surface area contributed by atoms with Crippen molar-refractivity contribution in [2.24, 2.45) is 0 Å². The first-order valence-corrected chi connectivity index (χ1v) is 9.23. The van der Waals surface area contributed by atoms with E-state index < -0.39 is 11.8 Å². The van der Waals surface area contributed by atoms with Crippen LogP contribution >= 0.6 is 39.7 Å². The summed E-state index contributed by atoms with van der Waals surface area (Å²) in [5, 5.41) is 2.73. The summed E-state index contributed by atoms with van der Waals surface area (Å²) >= 11 is 14.2. The van der Waals surface area contributed by atoms with Crippen molar-refractivity contribution < 1.29 is 14.3 Å². The van der Waals surface area contributed by atoms with Gasteiger partial charge >= 0.3 is 0 Å². The minimum atomic E-state index is -0.495. The lowest BCUT2D eigenvalue weighted by molar-refractivity contribution is -0.123. The number of hydrazine groups is 1. The first-order valence-electron chi connectivity index (χ1n) is 7.65. The fourth-order valence-corrected chi connectivity index (χ4v) is 2.70. The third-order valence-electron chi connectivity index (χ3n) is 3.03. The topological polar surface area (TPSA) is 79.5 Å². The van der Waals surface area contributed by atoms with E-state index in [-0.39, 0.29) is 11.7 Å². The van der Waals surface area contributed by atoms with Gasteiger partial charge in [-0.3, -0.25) is 25.8 Å². The predicted molar refractivity (Wildman–Crippen MR) is 112 cm³/mol. The first-order chi connectivity index (χ1) is 12.9. The molecule has 0 atom stereocenters. The predicted octanol–water partition coefficient (Wildman–Crippen LogP) is 3.22. The van der Waals surface area contributed by atoms with Crippen LogP contribution in [0.1, 0.15) is 5.56 Å². The molecule has 2 rings (SSSR count). The smallest absolute Gasteiger partial charge is 0.276 e. The van der Waals surface area contributed by atoms with E-state index in [1.165, 1.54) is 6.08 Å². The fourth-order valence-electron chi connectivity index (χ4n) is 1.82. The van der Waals surface area contributed by atoms with Gasteiger partial charge in [0.25, 0.3) is 5.91 Å². The standard InChI is InChI=1S/C18H15BrClN3O3S/c19-13-7-8-15(14(20)10-13)26-11-17(25)22-23-18(27)21-16(24)9-6-12-4-2-1-3-5-12/h1-10H,11H2,(H,22,25)(H2,21,23,24,27)/b9-6+. The molecule has 0 fully saturated rings. The van der Waals surface area contributed by atoms with Crippen LogP contribution in [0.2, 0.25) is 5.02 Å². The van der Waals surface area contributed by atoms with Crippen LogP contribution in [0.4, 0.5) is 0 Å². The number of amides is 2. The van der Waals surface area contributed by atoms with Crippen molar-refractivity contribution in [3.05, 3.63) is 69.7 Å². The minimum absolute atomic E-state index is 0.0484. The molecule has 0 aliphatic heterocycles. The number of benzene rings is 2. The van der Waals surface area contributed by atoms with Gasteiger partial charge in [0.1, 0.15) is 5.75 Å². The van der Waals surface area contributed by atoms with E-state index in [4.69, 9.17) is 28.6 Å². The van der Waals surface area contributed by atoms with Gasteiger partial charge in [-0.05, 0) is 42.1 Å². The van der Waals surface area contributed by atoms with Crippen LogP contribution in [0.15, 0.2) is 59.1 Å². The summed E-state index contributed by atoms with van der Waals surface area (Å²) in [4.78, 5) is 23.5. The lowest BCUT2D eigenvalue weighted by Gasteiger charge is -2.11. The van der Waals surface area contributed by atoms with E-state index >= 15 is 0 Å². The minimum Gasteiger partial charge on any atom is -0.482 e. The van der Waals surface area contributed by atoms with Gasteiger partial charge in [-0.1, -0.05) is 57.9 Å². The van der Waals surface area contributed by atoms with Crippen LogP contribution < -0.4 is 20.9 Å². The number of hydrogen-bond acceptors (Lipinski definition) is 4. The van der Waals surface area contributed by atoms with E-state index in [0.717, 1.165) is 10.0 Å². The highest BCUT2D eigenvalue weighted by molar-refractivity contribution is 9.10. The number of thiocarbonyl (C=S) groups is 1. The van der Waals surface area contributed by atoms with Crippen LogP contribution in [0.5, 0.6) is 5.75 Å². The highest BCUT2D eigenvalue weighted by atomic mass is 79.9. The maximum atomic E-state index is 11.8. The molecule has 9 heteroatoms. The Hall–Kier alpha value is -2.42. The van der Waals surface area contributed by atoms with E-state index in [1.807, 2.05) is 30.3 Å². The first kappa shape index (κ1) is 20.9. The third-order valence-corrected chi connectivity index (χ3v) is 4.02. The zero-order valence-electron chi connectivity index (χ0n) is 13.9. The summed E-state index contributed by atoms with van der Waals surface area (Å²) in [5.74, 6) is -0.550. The molecule has 0 bridgehead atoms. The molecule has 6 nitrogen and oxygen atoms in total. The van der Waals surface area contributed by atoms with Gasteiger partial charge < -0.3 is 4.74 Å². The van der Waals surface area contributed by atoms with Crippen molar-refractivity contribution in [2.75, 3.05) is 6.61 Å².